The summed E-state index contributed by atoms with van der Waals surface area (Å²) < 4.78 is 25.4. The number of rotatable bonds is 1. The summed E-state index contributed by atoms with van der Waals surface area (Å²) in [4.78, 5) is 3.76. The van der Waals surface area contributed by atoms with Crippen molar-refractivity contribution in [2.24, 2.45) is 0 Å². The smallest absolute Gasteiger partial charge is 0.218 e. The first-order valence-electron chi connectivity index (χ1n) is 3.70. The highest BCUT2D eigenvalue weighted by Gasteiger charge is 2.08. The van der Waals surface area contributed by atoms with E-state index in [-0.39, 0.29) is 11.1 Å². The van der Waals surface area contributed by atoms with Crippen molar-refractivity contribution < 1.29 is 8.78 Å². The summed E-state index contributed by atoms with van der Waals surface area (Å²) in [6, 6.07) is 3.39. The molecule has 1 aromatic carbocycles. The Labute approximate surface area is 82.7 Å². The zero-order chi connectivity index (χ0) is 10.1. The molecule has 0 atom stereocenters. The van der Waals surface area contributed by atoms with Gasteiger partial charge in [-0.15, -0.1) is 0 Å². The van der Waals surface area contributed by atoms with E-state index >= 15 is 0 Å². The lowest BCUT2D eigenvalue weighted by molar-refractivity contribution is 0.509. The molecule has 0 radical (unpaired) electrons. The van der Waals surface area contributed by atoms with Gasteiger partial charge in [-0.3, -0.25) is 0 Å². The number of aromatic nitrogens is 3. The highest BCUT2D eigenvalue weighted by atomic mass is 35.5. The summed E-state index contributed by atoms with van der Waals surface area (Å²) in [5, 5.41) is 6.19. The lowest BCUT2D eigenvalue weighted by Crippen LogP contribution is -1.86. The Morgan fingerprint density at radius 2 is 2.00 bits per heavy atom. The number of nitrogens with one attached hydrogen (secondary N) is 1. The maximum Gasteiger partial charge on any atom is 0.218 e. The zero-order valence-electron chi connectivity index (χ0n) is 6.76. The molecule has 1 aromatic heterocycles. The molecule has 0 amide bonds. The third-order valence-electron chi connectivity index (χ3n) is 1.64. The van der Waals surface area contributed by atoms with Crippen LogP contribution in [0.5, 0.6) is 0 Å². The van der Waals surface area contributed by atoms with Crippen molar-refractivity contribution in [3.05, 3.63) is 35.1 Å². The second-order valence-electron chi connectivity index (χ2n) is 2.58. The molecule has 0 spiro atoms. The second kappa shape index (κ2) is 3.34. The molecule has 3 nitrogen and oxygen atoms in total. The summed E-state index contributed by atoms with van der Waals surface area (Å²) in [5.41, 5.74) is 0.368. The molecule has 2 aromatic rings. The molecule has 1 heterocycles. The third-order valence-corrected chi connectivity index (χ3v) is 1.80. The van der Waals surface area contributed by atoms with Crippen LogP contribution in [0.4, 0.5) is 8.78 Å². The standard InChI is InChI=1S/C8H4ClF2N3/c9-8-12-7(13-14-8)4-1-2-5(10)6(11)3-4/h1-3H,(H,12,13,14). The van der Waals surface area contributed by atoms with Crippen molar-refractivity contribution in [3.63, 3.8) is 0 Å². The van der Waals surface area contributed by atoms with E-state index in [0.29, 0.717) is 5.56 Å². The van der Waals surface area contributed by atoms with E-state index in [1.54, 1.807) is 0 Å². The SMILES string of the molecule is Fc1ccc(-c2n[nH]c(Cl)n2)cc1F. The van der Waals surface area contributed by atoms with Gasteiger partial charge in [0, 0.05) is 5.56 Å². The first-order chi connectivity index (χ1) is 6.66. The van der Waals surface area contributed by atoms with Crippen molar-refractivity contribution in [1.82, 2.24) is 15.2 Å². The van der Waals surface area contributed by atoms with Crippen LogP contribution in [-0.2, 0) is 0 Å². The van der Waals surface area contributed by atoms with E-state index < -0.39 is 11.6 Å². The van der Waals surface area contributed by atoms with Crippen LogP contribution < -0.4 is 0 Å². The van der Waals surface area contributed by atoms with E-state index in [9.17, 15) is 8.78 Å². The molecule has 72 valence electrons. The fourth-order valence-electron chi connectivity index (χ4n) is 1.01. The Kier molecular flexibility index (Phi) is 2.17. The minimum Gasteiger partial charge on any atom is -0.249 e. The molecule has 0 saturated carbocycles. The Morgan fingerprint density at radius 3 is 2.57 bits per heavy atom. The van der Waals surface area contributed by atoms with Gasteiger partial charge in [-0.2, -0.15) is 10.1 Å². The van der Waals surface area contributed by atoms with Gasteiger partial charge in [0.1, 0.15) is 0 Å². The van der Waals surface area contributed by atoms with Crippen LogP contribution in [0, 0.1) is 11.6 Å². The quantitative estimate of drug-likeness (QED) is 0.794. The molecule has 0 aliphatic heterocycles. The van der Waals surface area contributed by atoms with Crippen LogP contribution >= 0.6 is 11.6 Å². The van der Waals surface area contributed by atoms with Crippen LogP contribution in [0.25, 0.3) is 11.4 Å². The van der Waals surface area contributed by atoms with E-state index in [2.05, 4.69) is 15.2 Å². The van der Waals surface area contributed by atoms with Crippen LogP contribution in [0.3, 0.4) is 0 Å². The highest BCUT2D eigenvalue weighted by molar-refractivity contribution is 6.28. The molecule has 0 aliphatic rings. The van der Waals surface area contributed by atoms with Gasteiger partial charge in [-0.25, -0.2) is 13.9 Å². The molecule has 2 rings (SSSR count). The average Bonchev–Trinajstić information content (AvgIpc) is 2.57. The van der Waals surface area contributed by atoms with Gasteiger partial charge < -0.3 is 0 Å². The van der Waals surface area contributed by atoms with Crippen molar-refractivity contribution in [1.29, 1.82) is 0 Å². The number of aromatic amines is 1. The maximum atomic E-state index is 12.8. The van der Waals surface area contributed by atoms with Crippen molar-refractivity contribution in [2.45, 2.75) is 0 Å². The number of hydrogen-bond acceptors (Lipinski definition) is 2. The fraction of sp³-hybridized carbons (Fsp3) is 0. The van der Waals surface area contributed by atoms with E-state index in [1.165, 1.54) is 6.07 Å². The maximum absolute atomic E-state index is 12.8. The molecule has 6 heteroatoms. The predicted octanol–water partition coefficient (Wildman–Crippen LogP) is 2.40. The molecular weight excluding hydrogens is 212 g/mol. The van der Waals surface area contributed by atoms with Gasteiger partial charge in [-0.1, -0.05) is 0 Å². The monoisotopic (exact) mass is 215 g/mol. The molecule has 1 N–H and O–H groups in total. The number of benzene rings is 1. The topological polar surface area (TPSA) is 41.6 Å². The largest absolute Gasteiger partial charge is 0.249 e. The molecule has 14 heavy (non-hydrogen) atoms. The van der Waals surface area contributed by atoms with Gasteiger partial charge in [0.15, 0.2) is 17.5 Å². The summed E-state index contributed by atoms with van der Waals surface area (Å²) in [6.07, 6.45) is 0. The van der Waals surface area contributed by atoms with E-state index in [4.69, 9.17) is 11.6 Å². The average molecular weight is 216 g/mol. The van der Waals surface area contributed by atoms with E-state index in [1.807, 2.05) is 0 Å². The summed E-state index contributed by atoms with van der Waals surface area (Å²) in [7, 11) is 0. The number of H-pyrrole nitrogens is 1. The lowest BCUT2D eigenvalue weighted by Gasteiger charge is -1.95. The van der Waals surface area contributed by atoms with Crippen LogP contribution in [0.15, 0.2) is 18.2 Å². The van der Waals surface area contributed by atoms with Crippen LogP contribution in [0.1, 0.15) is 0 Å². The third kappa shape index (κ3) is 1.58. The van der Waals surface area contributed by atoms with Crippen molar-refractivity contribution in [2.75, 3.05) is 0 Å². The minimum atomic E-state index is -0.941. The first kappa shape index (κ1) is 9.08. The van der Waals surface area contributed by atoms with Gasteiger partial charge in [0.05, 0.1) is 0 Å². The summed E-state index contributed by atoms with van der Waals surface area (Å²) in [5.74, 6) is -1.62. The number of halogens is 3. The molecule has 0 bridgehead atoms. The molecule has 0 aliphatic carbocycles. The van der Waals surface area contributed by atoms with Crippen molar-refractivity contribution >= 4 is 11.6 Å². The Balaban J connectivity index is 2.47. The molecule has 0 unspecified atom stereocenters. The summed E-state index contributed by atoms with van der Waals surface area (Å²) >= 11 is 5.48. The first-order valence-corrected chi connectivity index (χ1v) is 4.08. The number of hydrogen-bond donors (Lipinski definition) is 1. The van der Waals surface area contributed by atoms with Gasteiger partial charge in [0.2, 0.25) is 5.28 Å². The van der Waals surface area contributed by atoms with Crippen molar-refractivity contribution in [3.8, 4) is 11.4 Å². The predicted molar refractivity (Wildman–Crippen MR) is 46.7 cm³/mol. The Bertz CT molecular complexity index is 469. The molecular formula is C8H4ClF2N3. The van der Waals surface area contributed by atoms with Gasteiger partial charge in [-0.05, 0) is 29.8 Å². The fourth-order valence-corrected chi connectivity index (χ4v) is 1.13. The van der Waals surface area contributed by atoms with Gasteiger partial charge in [0.25, 0.3) is 0 Å². The normalized spacial score (nSPS) is 10.5. The van der Waals surface area contributed by atoms with Crippen LogP contribution in [-0.4, -0.2) is 15.2 Å². The highest BCUT2D eigenvalue weighted by Crippen LogP contribution is 2.18. The number of nitrogens with zero attached hydrogens (tertiary/aromatic N) is 2. The molecule has 0 fully saturated rings. The van der Waals surface area contributed by atoms with Gasteiger partial charge >= 0.3 is 0 Å². The summed E-state index contributed by atoms with van der Waals surface area (Å²) in [6.45, 7) is 0. The van der Waals surface area contributed by atoms with E-state index in [0.717, 1.165) is 12.1 Å². The minimum absolute atomic E-state index is 0.102. The Morgan fingerprint density at radius 1 is 1.21 bits per heavy atom. The van der Waals surface area contributed by atoms with Crippen LogP contribution in [0.2, 0.25) is 5.28 Å². The second-order valence-corrected chi connectivity index (χ2v) is 2.94. The Hall–Kier alpha value is -1.49. The lowest BCUT2D eigenvalue weighted by atomic mass is 10.2. The zero-order valence-corrected chi connectivity index (χ0v) is 7.52. The molecule has 0 saturated heterocycles.